The summed E-state index contributed by atoms with van der Waals surface area (Å²) in [7, 11) is 0. The van der Waals surface area contributed by atoms with E-state index in [2.05, 4.69) is 33.2 Å². The molecule has 0 fully saturated rings. The lowest BCUT2D eigenvalue weighted by Gasteiger charge is -2.13. The van der Waals surface area contributed by atoms with Crippen LogP contribution in [0, 0.1) is 11.6 Å². The molecule has 0 saturated carbocycles. The van der Waals surface area contributed by atoms with Gasteiger partial charge in [0.2, 0.25) is 0 Å². The second-order valence-electron chi connectivity index (χ2n) is 13.1. The van der Waals surface area contributed by atoms with Gasteiger partial charge in [0.05, 0.1) is 28.7 Å². The summed E-state index contributed by atoms with van der Waals surface area (Å²) in [6.45, 7) is 9.85. The van der Waals surface area contributed by atoms with E-state index in [-0.39, 0.29) is 23.8 Å². The van der Waals surface area contributed by atoms with Crippen molar-refractivity contribution in [2.75, 3.05) is 0 Å². The van der Waals surface area contributed by atoms with Gasteiger partial charge in [-0.3, -0.25) is 19.9 Å². The van der Waals surface area contributed by atoms with Crippen molar-refractivity contribution in [3.63, 3.8) is 0 Å². The fraction of sp³-hybridized carbons (Fsp3) is 0.0417. The summed E-state index contributed by atoms with van der Waals surface area (Å²) in [5, 5.41) is 4.34. The average Bonchev–Trinajstić information content (AvgIpc) is 3.24. The van der Waals surface area contributed by atoms with Gasteiger partial charge in [-0.1, -0.05) is 85.5 Å². The number of hydrogen-bond acceptors (Lipinski definition) is 4. The normalized spacial score (nSPS) is 12.7. The number of aliphatic imine (C=N–C) groups is 3. The number of allylic oxidation sites excluding steroid dienone is 2. The maximum atomic E-state index is 16.1. The summed E-state index contributed by atoms with van der Waals surface area (Å²) < 4.78 is 31.9. The number of hydrogen-bond donors (Lipinski definition) is 0. The highest BCUT2D eigenvalue weighted by atomic mass is 19.1. The van der Waals surface area contributed by atoms with Crippen LogP contribution in [0.5, 0.6) is 0 Å². The van der Waals surface area contributed by atoms with Gasteiger partial charge >= 0.3 is 0 Å². The van der Waals surface area contributed by atoms with E-state index in [0.29, 0.717) is 16.7 Å². The lowest BCUT2D eigenvalue weighted by atomic mass is 9.96. The van der Waals surface area contributed by atoms with E-state index in [9.17, 15) is 0 Å². The number of benzene rings is 5. The summed E-state index contributed by atoms with van der Waals surface area (Å²) in [5.74, 6) is -0.735. The Morgan fingerprint density at radius 3 is 2.09 bits per heavy atom. The smallest absolute Gasteiger partial charge is 0.161 e. The lowest BCUT2D eigenvalue weighted by Crippen LogP contribution is -2.24. The zero-order valence-corrected chi connectivity index (χ0v) is 30.5. The zero-order chi connectivity index (χ0) is 38.6. The van der Waals surface area contributed by atoms with Crippen LogP contribution in [0.2, 0.25) is 0 Å². The Bertz CT molecular complexity index is 3030. The molecule has 0 atom stereocenters. The third kappa shape index (κ3) is 6.92. The molecule has 6 nitrogen and oxygen atoms in total. The zero-order valence-electron chi connectivity index (χ0n) is 30.5. The molecule has 3 aromatic heterocycles. The van der Waals surface area contributed by atoms with Gasteiger partial charge in [0.25, 0.3) is 0 Å². The number of pyridine rings is 3. The topological polar surface area (TPSA) is 75.8 Å². The minimum Gasteiger partial charge on any atom is -0.261 e. The fourth-order valence-corrected chi connectivity index (χ4v) is 6.87. The maximum absolute atomic E-state index is 16.1. The van der Waals surface area contributed by atoms with Crippen LogP contribution in [0.15, 0.2) is 161 Å². The van der Waals surface area contributed by atoms with Crippen LogP contribution >= 0.6 is 0 Å². The molecule has 0 aliphatic heterocycles. The lowest BCUT2D eigenvalue weighted by molar-refractivity contribution is 0.611. The highest BCUT2D eigenvalue weighted by molar-refractivity contribution is 6.14. The number of nitrogens with zero attached hydrogens (tertiary/aromatic N) is 6. The van der Waals surface area contributed by atoms with Crippen molar-refractivity contribution in [3.8, 4) is 22.3 Å². The first-order valence-electron chi connectivity index (χ1n) is 18.0. The maximum Gasteiger partial charge on any atom is 0.161 e. The van der Waals surface area contributed by atoms with Crippen LogP contribution in [-0.2, 0) is 6.54 Å². The number of halogens is 2. The highest BCUT2D eigenvalue weighted by Gasteiger charge is 2.17. The van der Waals surface area contributed by atoms with Gasteiger partial charge in [0.15, 0.2) is 11.7 Å². The van der Waals surface area contributed by atoms with Crippen molar-refractivity contribution < 1.29 is 8.78 Å². The van der Waals surface area contributed by atoms with Crippen LogP contribution in [0.4, 0.5) is 8.78 Å². The van der Waals surface area contributed by atoms with Gasteiger partial charge in [-0.2, -0.15) is 0 Å². The molecule has 0 bridgehead atoms. The van der Waals surface area contributed by atoms with E-state index in [4.69, 9.17) is 9.98 Å². The second kappa shape index (κ2) is 15.6. The fourth-order valence-electron chi connectivity index (χ4n) is 6.87. The Morgan fingerprint density at radius 2 is 1.34 bits per heavy atom. The monoisotopic (exact) mass is 732 g/mol. The summed E-state index contributed by atoms with van der Waals surface area (Å²) in [4.78, 5) is 27.6. The predicted octanol–water partition coefficient (Wildman–Crippen LogP) is 9.80. The second-order valence-corrected chi connectivity index (χ2v) is 13.1. The molecule has 0 aliphatic rings. The minimum atomic E-state index is -0.552. The molecule has 5 aromatic carbocycles. The van der Waals surface area contributed by atoms with Crippen LogP contribution in [0.25, 0.3) is 67.6 Å². The third-order valence-electron chi connectivity index (χ3n) is 9.63. The molecule has 0 spiro atoms. The number of aromatic nitrogens is 3. The SMILES string of the molecule is C=NC(=NC(=NCc1cc(-c2c/c(=C/C=C\C)c(=C)c3ncccc23)ccc1F)c1cc(-c2cc3cccnc3c3ncccc23)ccc1F)c1ccccc1. The van der Waals surface area contributed by atoms with Crippen LogP contribution in [-0.4, -0.2) is 33.3 Å². The first-order valence-corrected chi connectivity index (χ1v) is 18.0. The summed E-state index contributed by atoms with van der Waals surface area (Å²) in [6, 6.07) is 34.6. The van der Waals surface area contributed by atoms with Crippen molar-refractivity contribution in [2.45, 2.75) is 13.5 Å². The van der Waals surface area contributed by atoms with Gasteiger partial charge in [-0.25, -0.2) is 18.8 Å². The molecule has 0 amide bonds. The average molecular weight is 733 g/mol. The first kappa shape index (κ1) is 35.7. The Hall–Kier alpha value is -7.32. The molecule has 8 rings (SSSR count). The molecule has 0 radical (unpaired) electrons. The summed E-state index contributed by atoms with van der Waals surface area (Å²) in [6.07, 6.45) is 11.1. The highest BCUT2D eigenvalue weighted by Crippen LogP contribution is 2.34. The molecular weight excluding hydrogens is 699 g/mol. The van der Waals surface area contributed by atoms with Crippen molar-refractivity contribution in [3.05, 3.63) is 185 Å². The largest absolute Gasteiger partial charge is 0.261 e. The molecule has 270 valence electrons. The molecule has 8 heteroatoms. The molecule has 3 heterocycles. The number of rotatable bonds is 7. The van der Waals surface area contributed by atoms with E-state index in [1.165, 1.54) is 12.1 Å². The summed E-state index contributed by atoms with van der Waals surface area (Å²) in [5.41, 5.74) is 6.54. The van der Waals surface area contributed by atoms with E-state index >= 15 is 8.78 Å². The quantitative estimate of drug-likeness (QED) is 0.0931. The van der Waals surface area contributed by atoms with Crippen molar-refractivity contribution in [1.29, 1.82) is 0 Å². The molecule has 56 heavy (non-hydrogen) atoms. The Kier molecular flexibility index (Phi) is 9.93. The van der Waals surface area contributed by atoms with Crippen LogP contribution in [0.1, 0.15) is 23.6 Å². The summed E-state index contributed by atoms with van der Waals surface area (Å²) >= 11 is 0. The number of amidine groups is 2. The molecular formula is C48H34F2N6. The van der Waals surface area contributed by atoms with Gasteiger partial charge in [0, 0.05) is 51.1 Å². The molecule has 0 saturated heterocycles. The standard InChI is InChI=1S/C48H34F2N6/c1-4-5-12-32-26-39(37-16-10-23-52-44(37)30(32)2)33-18-20-42(49)36(25-33)29-55-48(56-47(51-3)31-13-7-6-8-14-31)41-27-34(19-21-43(41)50)40-28-35-15-9-22-53-45(35)46-38(40)17-11-24-54-46/h4-28H,2-3,29H2,1H3/b5-4-,32-12-,55-48?,56-47?. The van der Waals surface area contributed by atoms with E-state index in [1.807, 2.05) is 104 Å². The Labute approximate surface area is 322 Å². The van der Waals surface area contributed by atoms with E-state index in [0.717, 1.165) is 59.8 Å². The number of fused-ring (bicyclic) bond motifs is 4. The third-order valence-corrected chi connectivity index (χ3v) is 9.63. The van der Waals surface area contributed by atoms with Gasteiger partial charge in [-0.05, 0) is 95.7 Å². The van der Waals surface area contributed by atoms with Crippen molar-refractivity contribution in [1.82, 2.24) is 15.0 Å². The molecule has 0 unspecified atom stereocenters. The Morgan fingerprint density at radius 1 is 0.679 bits per heavy atom. The Balaban J connectivity index is 1.29. The molecule has 8 aromatic rings. The molecule has 0 N–H and O–H groups in total. The van der Waals surface area contributed by atoms with E-state index < -0.39 is 11.6 Å². The van der Waals surface area contributed by atoms with Crippen LogP contribution in [0.3, 0.4) is 0 Å². The van der Waals surface area contributed by atoms with Crippen LogP contribution < -0.4 is 10.4 Å². The van der Waals surface area contributed by atoms with Gasteiger partial charge in [-0.15, -0.1) is 0 Å². The van der Waals surface area contributed by atoms with Crippen molar-refractivity contribution in [2.24, 2.45) is 15.0 Å². The molecule has 0 aliphatic carbocycles. The minimum absolute atomic E-state index is 0.0320. The van der Waals surface area contributed by atoms with Gasteiger partial charge in [0.1, 0.15) is 11.6 Å². The van der Waals surface area contributed by atoms with Crippen molar-refractivity contribution >= 4 is 63.8 Å². The predicted molar refractivity (Wildman–Crippen MR) is 226 cm³/mol. The van der Waals surface area contributed by atoms with E-state index in [1.54, 1.807) is 42.9 Å². The first-order chi connectivity index (χ1) is 27.4. The van der Waals surface area contributed by atoms with Gasteiger partial charge < -0.3 is 0 Å².